The third kappa shape index (κ3) is 1.55. The lowest BCUT2D eigenvalue weighted by Gasteiger charge is -2.01. The van der Waals surface area contributed by atoms with Gasteiger partial charge in [-0.15, -0.1) is 0 Å². The quantitative estimate of drug-likeness (QED) is 0.693. The van der Waals surface area contributed by atoms with Gasteiger partial charge in [-0.1, -0.05) is 23.2 Å². The SMILES string of the molecule is CNc1ccc(Cl)cc1Cl. The summed E-state index contributed by atoms with van der Waals surface area (Å²) in [6.07, 6.45) is 0. The first kappa shape index (κ1) is 7.70. The molecule has 0 amide bonds. The van der Waals surface area contributed by atoms with Crippen LogP contribution in [0.25, 0.3) is 0 Å². The molecule has 0 heterocycles. The third-order valence-electron chi connectivity index (χ3n) is 1.20. The molecule has 1 N–H and O–H groups in total. The minimum atomic E-state index is 0.648. The summed E-state index contributed by atoms with van der Waals surface area (Å²) in [7, 11) is 1.81. The van der Waals surface area contributed by atoms with Crippen LogP contribution >= 0.6 is 23.2 Å². The van der Waals surface area contributed by atoms with E-state index in [4.69, 9.17) is 23.2 Å². The average molecular weight is 176 g/mol. The maximum Gasteiger partial charge on any atom is 0.0652 e. The van der Waals surface area contributed by atoms with Crippen molar-refractivity contribution in [2.45, 2.75) is 0 Å². The molecule has 1 aromatic rings. The smallest absolute Gasteiger partial charge is 0.0652 e. The van der Waals surface area contributed by atoms with E-state index < -0.39 is 0 Å². The molecule has 0 aliphatic carbocycles. The van der Waals surface area contributed by atoms with Gasteiger partial charge in [-0.3, -0.25) is 0 Å². The van der Waals surface area contributed by atoms with Crippen LogP contribution in [-0.4, -0.2) is 7.05 Å². The average Bonchev–Trinajstić information content (AvgIpc) is 1.88. The van der Waals surface area contributed by atoms with Crippen molar-refractivity contribution in [3.8, 4) is 0 Å². The zero-order valence-corrected chi connectivity index (χ0v) is 7.00. The first-order valence-electron chi connectivity index (χ1n) is 2.87. The molecule has 1 rings (SSSR count). The van der Waals surface area contributed by atoms with Gasteiger partial charge in [-0.2, -0.15) is 0 Å². The Balaban J connectivity index is 3.07. The van der Waals surface area contributed by atoms with Crippen molar-refractivity contribution >= 4 is 28.9 Å². The lowest BCUT2D eigenvalue weighted by molar-refractivity contribution is 1.51. The highest BCUT2D eigenvalue weighted by atomic mass is 35.5. The van der Waals surface area contributed by atoms with E-state index in [1.165, 1.54) is 0 Å². The molecule has 0 aliphatic heterocycles. The van der Waals surface area contributed by atoms with Crippen molar-refractivity contribution in [3.05, 3.63) is 28.2 Å². The molecule has 0 unspecified atom stereocenters. The fraction of sp³-hybridized carbons (Fsp3) is 0.143. The molecule has 10 heavy (non-hydrogen) atoms. The van der Waals surface area contributed by atoms with E-state index in [1.807, 2.05) is 13.1 Å². The summed E-state index contributed by atoms with van der Waals surface area (Å²) in [5, 5.41) is 4.24. The first-order valence-corrected chi connectivity index (χ1v) is 3.62. The fourth-order valence-electron chi connectivity index (χ4n) is 0.692. The standard InChI is InChI=1S/C7H7Cl2N/c1-10-7-3-2-5(8)4-6(7)9/h2-4,10H,1H3. The van der Waals surface area contributed by atoms with Crippen molar-refractivity contribution in [1.82, 2.24) is 0 Å². The van der Waals surface area contributed by atoms with Crippen LogP contribution in [0.4, 0.5) is 5.69 Å². The number of halogens is 2. The van der Waals surface area contributed by atoms with Crippen LogP contribution in [-0.2, 0) is 0 Å². The molecular weight excluding hydrogens is 169 g/mol. The molecule has 0 fully saturated rings. The van der Waals surface area contributed by atoms with Gasteiger partial charge in [0.1, 0.15) is 0 Å². The molecule has 3 heteroatoms. The largest absolute Gasteiger partial charge is 0.387 e. The lowest BCUT2D eigenvalue weighted by Crippen LogP contribution is -1.87. The highest BCUT2D eigenvalue weighted by Gasteiger charge is 1.96. The molecule has 0 spiro atoms. The second-order valence-corrected chi connectivity index (χ2v) is 2.72. The molecule has 1 nitrogen and oxygen atoms in total. The van der Waals surface area contributed by atoms with Crippen LogP contribution in [0.5, 0.6) is 0 Å². The molecule has 54 valence electrons. The molecule has 0 saturated heterocycles. The summed E-state index contributed by atoms with van der Waals surface area (Å²) in [6.45, 7) is 0. The number of benzene rings is 1. The van der Waals surface area contributed by atoms with Gasteiger partial charge in [0.25, 0.3) is 0 Å². The van der Waals surface area contributed by atoms with Crippen molar-refractivity contribution < 1.29 is 0 Å². The Morgan fingerprint density at radius 2 is 2.00 bits per heavy atom. The summed E-state index contributed by atoms with van der Waals surface area (Å²) < 4.78 is 0. The van der Waals surface area contributed by atoms with Crippen LogP contribution in [0.1, 0.15) is 0 Å². The van der Waals surface area contributed by atoms with E-state index in [-0.39, 0.29) is 0 Å². The van der Waals surface area contributed by atoms with E-state index in [0.29, 0.717) is 10.0 Å². The molecular formula is C7H7Cl2N. The zero-order valence-electron chi connectivity index (χ0n) is 5.49. The Kier molecular flexibility index (Phi) is 2.41. The first-order chi connectivity index (χ1) is 4.74. The topological polar surface area (TPSA) is 12.0 Å². The molecule has 0 aromatic heterocycles. The van der Waals surface area contributed by atoms with Crippen LogP contribution in [0.15, 0.2) is 18.2 Å². The summed E-state index contributed by atoms with van der Waals surface area (Å²) in [6, 6.07) is 5.33. The van der Waals surface area contributed by atoms with E-state index >= 15 is 0 Å². The summed E-state index contributed by atoms with van der Waals surface area (Å²) >= 11 is 11.4. The van der Waals surface area contributed by atoms with Crippen molar-refractivity contribution in [1.29, 1.82) is 0 Å². The van der Waals surface area contributed by atoms with Crippen LogP contribution < -0.4 is 5.32 Å². The number of hydrogen-bond donors (Lipinski definition) is 1. The minimum Gasteiger partial charge on any atom is -0.387 e. The Morgan fingerprint density at radius 3 is 2.50 bits per heavy atom. The molecule has 0 aliphatic rings. The summed E-state index contributed by atoms with van der Waals surface area (Å²) in [5.74, 6) is 0. The normalized spacial score (nSPS) is 9.50. The molecule has 1 aromatic carbocycles. The van der Waals surface area contributed by atoms with Crippen molar-refractivity contribution in [2.24, 2.45) is 0 Å². The maximum atomic E-state index is 5.78. The monoisotopic (exact) mass is 175 g/mol. The van der Waals surface area contributed by atoms with Crippen molar-refractivity contribution in [2.75, 3.05) is 12.4 Å². The van der Waals surface area contributed by atoms with Crippen molar-refractivity contribution in [3.63, 3.8) is 0 Å². The van der Waals surface area contributed by atoms with Gasteiger partial charge in [0.2, 0.25) is 0 Å². The second-order valence-electron chi connectivity index (χ2n) is 1.87. The lowest BCUT2D eigenvalue weighted by atomic mass is 10.3. The van der Waals surface area contributed by atoms with Gasteiger partial charge in [0, 0.05) is 12.1 Å². The predicted octanol–water partition coefficient (Wildman–Crippen LogP) is 3.04. The second kappa shape index (κ2) is 3.13. The number of anilines is 1. The van der Waals surface area contributed by atoms with Crippen LogP contribution in [0, 0.1) is 0 Å². The van der Waals surface area contributed by atoms with Gasteiger partial charge >= 0.3 is 0 Å². The van der Waals surface area contributed by atoms with Gasteiger partial charge in [-0.05, 0) is 18.2 Å². The summed E-state index contributed by atoms with van der Waals surface area (Å²) in [4.78, 5) is 0. The molecule has 0 bridgehead atoms. The summed E-state index contributed by atoms with van der Waals surface area (Å²) in [5.41, 5.74) is 0.895. The van der Waals surface area contributed by atoms with Gasteiger partial charge in [0.15, 0.2) is 0 Å². The third-order valence-corrected chi connectivity index (χ3v) is 1.75. The predicted molar refractivity (Wildman–Crippen MR) is 46.0 cm³/mol. The number of nitrogens with one attached hydrogen (secondary N) is 1. The maximum absolute atomic E-state index is 5.78. The van der Waals surface area contributed by atoms with Crippen LogP contribution in [0.3, 0.4) is 0 Å². The van der Waals surface area contributed by atoms with E-state index in [2.05, 4.69) is 5.32 Å². The van der Waals surface area contributed by atoms with E-state index in [9.17, 15) is 0 Å². The molecule has 0 radical (unpaired) electrons. The molecule has 0 saturated carbocycles. The minimum absolute atomic E-state index is 0.648. The Bertz CT molecular complexity index is 235. The highest BCUT2D eigenvalue weighted by molar-refractivity contribution is 6.36. The number of rotatable bonds is 1. The van der Waals surface area contributed by atoms with Gasteiger partial charge in [0.05, 0.1) is 10.7 Å². The number of hydrogen-bond acceptors (Lipinski definition) is 1. The zero-order chi connectivity index (χ0) is 7.56. The van der Waals surface area contributed by atoms with Crippen LogP contribution in [0.2, 0.25) is 10.0 Å². The van der Waals surface area contributed by atoms with Gasteiger partial charge < -0.3 is 5.32 Å². The van der Waals surface area contributed by atoms with E-state index in [1.54, 1.807) is 12.1 Å². The fourth-order valence-corrected chi connectivity index (χ4v) is 1.20. The van der Waals surface area contributed by atoms with E-state index in [0.717, 1.165) is 5.69 Å². The Morgan fingerprint density at radius 1 is 1.30 bits per heavy atom. The highest BCUT2D eigenvalue weighted by Crippen LogP contribution is 2.24. The Hall–Kier alpha value is -0.400. The molecule has 0 atom stereocenters. The van der Waals surface area contributed by atoms with Gasteiger partial charge in [-0.25, -0.2) is 0 Å². The Labute approximate surface area is 70.0 Å².